The van der Waals surface area contributed by atoms with Crippen molar-refractivity contribution in [3.63, 3.8) is 0 Å². The van der Waals surface area contributed by atoms with E-state index in [1.165, 1.54) is 6.07 Å². The summed E-state index contributed by atoms with van der Waals surface area (Å²) in [4.78, 5) is 17.0. The van der Waals surface area contributed by atoms with E-state index in [0.29, 0.717) is 29.6 Å². The van der Waals surface area contributed by atoms with E-state index in [0.717, 1.165) is 28.2 Å². The molecule has 1 amide bonds. The van der Waals surface area contributed by atoms with Crippen molar-refractivity contribution in [1.82, 2.24) is 29.7 Å². The Bertz CT molecular complexity index is 1580. The Morgan fingerprint density at radius 1 is 0.972 bits per heavy atom. The molecule has 1 N–H and O–H groups in total. The fourth-order valence-electron chi connectivity index (χ4n) is 4.21. The van der Waals surface area contributed by atoms with Gasteiger partial charge in [-0.3, -0.25) is 9.48 Å². The number of aryl methyl sites for hydroxylation is 3. The molecule has 3 aromatic heterocycles. The van der Waals surface area contributed by atoms with Crippen LogP contribution in [-0.2, 0) is 12.7 Å². The summed E-state index contributed by atoms with van der Waals surface area (Å²) in [5, 5.41) is 12.9. The van der Waals surface area contributed by atoms with Crippen molar-refractivity contribution in [3.8, 4) is 11.3 Å². The minimum Gasteiger partial charge on any atom is -0.351 e. The number of aromatic nitrogens is 5. The number of halogens is 3. The van der Waals surface area contributed by atoms with Gasteiger partial charge in [0.1, 0.15) is 0 Å². The van der Waals surface area contributed by atoms with Crippen molar-refractivity contribution in [2.75, 3.05) is 6.54 Å². The third-order valence-corrected chi connectivity index (χ3v) is 5.93. The van der Waals surface area contributed by atoms with Gasteiger partial charge in [0, 0.05) is 30.4 Å². The van der Waals surface area contributed by atoms with Gasteiger partial charge in [-0.1, -0.05) is 36.4 Å². The van der Waals surface area contributed by atoms with Crippen LogP contribution in [-0.4, -0.2) is 36.8 Å². The third kappa shape index (κ3) is 4.66. The number of amides is 1. The molecule has 0 saturated carbocycles. The molecule has 184 valence electrons. The zero-order valence-electron chi connectivity index (χ0n) is 19.7. The summed E-state index contributed by atoms with van der Waals surface area (Å²) in [6.07, 6.45) is -4.08. The summed E-state index contributed by atoms with van der Waals surface area (Å²) in [6.45, 7) is 4.79. The molecule has 0 bridgehead atoms. The molecule has 10 heteroatoms. The minimum absolute atomic E-state index is 0.0548. The average Bonchev–Trinajstić information content (AvgIpc) is 3.42. The van der Waals surface area contributed by atoms with Gasteiger partial charge in [0.25, 0.3) is 5.91 Å². The Labute approximate surface area is 204 Å². The predicted octanol–water partition coefficient (Wildman–Crippen LogP) is 5.20. The minimum atomic E-state index is -4.69. The summed E-state index contributed by atoms with van der Waals surface area (Å²) in [6, 6.07) is 17.1. The first-order chi connectivity index (χ1) is 17.2. The van der Waals surface area contributed by atoms with Crippen LogP contribution >= 0.6 is 0 Å². The average molecular weight is 493 g/mol. The normalized spacial score (nSPS) is 11.9. The number of carbonyl (C=O) groups excluding carboxylic acids is 1. The Balaban J connectivity index is 1.40. The smallest absolute Gasteiger partial charge is 0.351 e. The lowest BCUT2D eigenvalue weighted by Crippen LogP contribution is -2.26. The largest absolute Gasteiger partial charge is 0.433 e. The first-order valence-electron chi connectivity index (χ1n) is 11.5. The van der Waals surface area contributed by atoms with Gasteiger partial charge < -0.3 is 5.32 Å². The maximum Gasteiger partial charge on any atom is 0.433 e. The zero-order valence-corrected chi connectivity index (χ0v) is 19.7. The van der Waals surface area contributed by atoms with Crippen molar-refractivity contribution in [1.29, 1.82) is 0 Å². The number of rotatable bonds is 6. The van der Waals surface area contributed by atoms with Crippen molar-refractivity contribution < 1.29 is 18.0 Å². The molecule has 5 aromatic rings. The highest BCUT2D eigenvalue weighted by molar-refractivity contribution is 5.93. The lowest BCUT2D eigenvalue weighted by atomic mass is 10.0. The molecule has 5 rings (SSSR count). The second kappa shape index (κ2) is 9.10. The predicted molar refractivity (Wildman–Crippen MR) is 130 cm³/mol. The Morgan fingerprint density at radius 2 is 1.75 bits per heavy atom. The molecule has 0 unspecified atom stereocenters. The first kappa shape index (κ1) is 23.5. The molecule has 0 spiro atoms. The number of fused-ring (bicyclic) bond motifs is 2. The highest BCUT2D eigenvalue weighted by Gasteiger charge is 2.35. The molecule has 7 nitrogen and oxygen atoms in total. The van der Waals surface area contributed by atoms with Crippen LogP contribution in [0.4, 0.5) is 13.2 Å². The molecule has 3 heterocycles. The van der Waals surface area contributed by atoms with E-state index in [1.54, 1.807) is 12.1 Å². The number of hydrogen-bond donors (Lipinski definition) is 1. The standard InChI is InChI=1S/C26H23F3N6O/c1-16-12-17(2)34(32-16)11-5-10-30-25(36)22-15-24-31-21(14-23(26(27,28)29)35(24)33-22)20-9-8-18-6-3-4-7-19(18)13-20/h3-4,6-9,12-15H,5,10-11H2,1-2H3,(H,30,36). The quantitative estimate of drug-likeness (QED) is 0.331. The van der Waals surface area contributed by atoms with Crippen LogP contribution in [0.3, 0.4) is 0 Å². The molecule has 0 atom stereocenters. The summed E-state index contributed by atoms with van der Waals surface area (Å²) in [5.74, 6) is -0.561. The van der Waals surface area contributed by atoms with Crippen LogP contribution in [0.25, 0.3) is 27.7 Å². The number of nitrogens with one attached hydrogen (secondary N) is 1. The van der Waals surface area contributed by atoms with Gasteiger partial charge in [-0.05, 0) is 49.2 Å². The Kier molecular flexibility index (Phi) is 5.95. The van der Waals surface area contributed by atoms with Crippen LogP contribution < -0.4 is 5.32 Å². The van der Waals surface area contributed by atoms with E-state index in [4.69, 9.17) is 0 Å². The number of hydrogen-bond acceptors (Lipinski definition) is 4. The molecule has 0 radical (unpaired) electrons. The maximum absolute atomic E-state index is 13.9. The Morgan fingerprint density at radius 3 is 2.47 bits per heavy atom. The van der Waals surface area contributed by atoms with Crippen molar-refractivity contribution in [2.24, 2.45) is 0 Å². The summed E-state index contributed by atoms with van der Waals surface area (Å²) in [7, 11) is 0. The van der Waals surface area contributed by atoms with Gasteiger partial charge in [-0.25, -0.2) is 9.50 Å². The van der Waals surface area contributed by atoms with Gasteiger partial charge >= 0.3 is 6.18 Å². The maximum atomic E-state index is 13.9. The lowest BCUT2D eigenvalue weighted by molar-refractivity contribution is -0.142. The van der Waals surface area contributed by atoms with E-state index in [-0.39, 0.29) is 17.0 Å². The van der Waals surface area contributed by atoms with Crippen LogP contribution in [0, 0.1) is 13.8 Å². The monoisotopic (exact) mass is 492 g/mol. The molecule has 0 fully saturated rings. The van der Waals surface area contributed by atoms with Crippen molar-refractivity contribution in [3.05, 3.63) is 83.4 Å². The fraction of sp³-hybridized carbons (Fsp3) is 0.231. The number of benzene rings is 2. The molecule has 0 saturated heterocycles. The molecular formula is C26H23F3N6O. The summed E-state index contributed by atoms with van der Waals surface area (Å²) < 4.78 is 44.3. The molecule has 2 aromatic carbocycles. The first-order valence-corrected chi connectivity index (χ1v) is 11.5. The van der Waals surface area contributed by atoms with E-state index in [2.05, 4.69) is 20.5 Å². The van der Waals surface area contributed by atoms with Crippen LogP contribution in [0.5, 0.6) is 0 Å². The van der Waals surface area contributed by atoms with Crippen LogP contribution in [0.1, 0.15) is 34.0 Å². The Hall–Kier alpha value is -4.21. The molecule has 0 aliphatic carbocycles. The SMILES string of the molecule is Cc1cc(C)n(CCCNC(=O)c2cc3nc(-c4ccc5ccccc5c4)cc(C(F)(F)F)n3n2)n1. The summed E-state index contributed by atoms with van der Waals surface area (Å²) in [5.41, 5.74) is 1.44. The van der Waals surface area contributed by atoms with Gasteiger partial charge in [-0.15, -0.1) is 0 Å². The molecule has 0 aliphatic rings. The summed E-state index contributed by atoms with van der Waals surface area (Å²) >= 11 is 0. The second-order valence-electron chi connectivity index (χ2n) is 8.65. The van der Waals surface area contributed by atoms with E-state index < -0.39 is 17.8 Å². The zero-order chi connectivity index (χ0) is 25.4. The van der Waals surface area contributed by atoms with Crippen molar-refractivity contribution >= 4 is 22.3 Å². The molecule has 0 aliphatic heterocycles. The number of alkyl halides is 3. The van der Waals surface area contributed by atoms with Gasteiger partial charge in [0.2, 0.25) is 0 Å². The van der Waals surface area contributed by atoms with Gasteiger partial charge in [0.15, 0.2) is 17.0 Å². The number of nitrogens with zero attached hydrogens (tertiary/aromatic N) is 5. The topological polar surface area (TPSA) is 77.1 Å². The highest BCUT2D eigenvalue weighted by Crippen LogP contribution is 2.33. The third-order valence-electron chi connectivity index (χ3n) is 5.93. The molecular weight excluding hydrogens is 469 g/mol. The van der Waals surface area contributed by atoms with Crippen LogP contribution in [0.2, 0.25) is 0 Å². The van der Waals surface area contributed by atoms with E-state index in [1.807, 2.05) is 54.9 Å². The number of carbonyl (C=O) groups is 1. The van der Waals surface area contributed by atoms with Crippen LogP contribution in [0.15, 0.2) is 60.7 Å². The second-order valence-corrected chi connectivity index (χ2v) is 8.65. The fourth-order valence-corrected chi connectivity index (χ4v) is 4.21. The lowest BCUT2D eigenvalue weighted by Gasteiger charge is -2.11. The highest BCUT2D eigenvalue weighted by atomic mass is 19.4. The van der Waals surface area contributed by atoms with E-state index >= 15 is 0 Å². The molecule has 36 heavy (non-hydrogen) atoms. The van der Waals surface area contributed by atoms with Gasteiger partial charge in [0.05, 0.1) is 11.4 Å². The van der Waals surface area contributed by atoms with Crippen molar-refractivity contribution in [2.45, 2.75) is 33.0 Å². The van der Waals surface area contributed by atoms with Gasteiger partial charge in [-0.2, -0.15) is 23.4 Å². The van der Waals surface area contributed by atoms with E-state index in [9.17, 15) is 18.0 Å².